The summed E-state index contributed by atoms with van der Waals surface area (Å²) in [6.07, 6.45) is 0.611. The molecule has 1 aromatic heterocycles. The summed E-state index contributed by atoms with van der Waals surface area (Å²) < 4.78 is 27.4. The number of fused-ring (bicyclic) bond motifs is 1. The van der Waals surface area contributed by atoms with E-state index in [2.05, 4.69) is 15.5 Å². The molecule has 0 saturated carbocycles. The number of sulfonamides is 1. The Kier molecular flexibility index (Phi) is 8.50. The number of carbonyl (C=O) groups is 3. The summed E-state index contributed by atoms with van der Waals surface area (Å²) in [4.78, 5) is 42.7. The molecule has 0 atom stereocenters. The minimum atomic E-state index is -3.77. The molecular formula is C27H31N5O5S2. The van der Waals surface area contributed by atoms with Crippen LogP contribution in [0.1, 0.15) is 36.7 Å². The molecule has 0 aliphatic carbocycles. The van der Waals surface area contributed by atoms with E-state index in [0.29, 0.717) is 18.0 Å². The maximum absolute atomic E-state index is 13.2. The first-order valence-electron chi connectivity index (χ1n) is 12.2. The number of nitrogens with one attached hydrogen (secondary N) is 2. The molecule has 12 heteroatoms. The second-order valence-electron chi connectivity index (χ2n) is 9.57. The lowest BCUT2D eigenvalue weighted by Gasteiger charge is -2.22. The molecular weight excluding hydrogens is 538 g/mol. The van der Waals surface area contributed by atoms with Crippen molar-refractivity contribution < 1.29 is 22.8 Å². The molecule has 4 amide bonds. The molecule has 4 rings (SSSR count). The highest BCUT2D eigenvalue weighted by Crippen LogP contribution is 2.37. The molecule has 1 aliphatic heterocycles. The lowest BCUT2D eigenvalue weighted by Crippen LogP contribution is -2.39. The first-order chi connectivity index (χ1) is 18.5. The van der Waals surface area contributed by atoms with Crippen molar-refractivity contribution in [1.29, 1.82) is 0 Å². The molecule has 39 heavy (non-hydrogen) atoms. The average Bonchev–Trinajstić information content (AvgIpc) is 3.25. The van der Waals surface area contributed by atoms with Crippen LogP contribution in [-0.2, 0) is 29.5 Å². The molecule has 0 saturated heterocycles. The highest BCUT2D eigenvalue weighted by atomic mass is 32.2. The molecule has 0 spiro atoms. The van der Waals surface area contributed by atoms with Crippen molar-refractivity contribution in [2.45, 2.75) is 24.4 Å². The van der Waals surface area contributed by atoms with Crippen LogP contribution in [0.25, 0.3) is 0 Å². The van der Waals surface area contributed by atoms with Crippen LogP contribution in [0.2, 0.25) is 0 Å². The number of hydrogen-bond donors (Lipinski definition) is 2. The molecule has 206 valence electrons. The second-order valence-corrected chi connectivity index (χ2v) is 12.7. The quantitative estimate of drug-likeness (QED) is 0.451. The summed E-state index contributed by atoms with van der Waals surface area (Å²) in [5.41, 5.74) is 2.20. The van der Waals surface area contributed by atoms with Crippen LogP contribution in [0.3, 0.4) is 0 Å². The zero-order valence-electron chi connectivity index (χ0n) is 22.2. The highest BCUT2D eigenvalue weighted by Gasteiger charge is 2.29. The van der Waals surface area contributed by atoms with Crippen molar-refractivity contribution >= 4 is 44.2 Å². The maximum Gasteiger partial charge on any atom is 0.323 e. The van der Waals surface area contributed by atoms with Crippen LogP contribution >= 0.6 is 11.3 Å². The van der Waals surface area contributed by atoms with Crippen LogP contribution < -0.4 is 10.6 Å². The fraction of sp³-hybridized carbons (Fsp3) is 0.296. The van der Waals surface area contributed by atoms with Gasteiger partial charge in [0, 0.05) is 51.2 Å². The Morgan fingerprint density at radius 2 is 1.64 bits per heavy atom. The van der Waals surface area contributed by atoms with E-state index in [1.165, 1.54) is 66.0 Å². The third-order valence-corrected chi connectivity index (χ3v) is 9.35. The van der Waals surface area contributed by atoms with Crippen molar-refractivity contribution in [1.82, 2.24) is 19.4 Å². The number of thiophene rings is 1. The Balaban J connectivity index is 1.54. The van der Waals surface area contributed by atoms with Gasteiger partial charge in [0.1, 0.15) is 5.00 Å². The maximum atomic E-state index is 13.2. The van der Waals surface area contributed by atoms with E-state index in [4.69, 9.17) is 0 Å². The summed E-state index contributed by atoms with van der Waals surface area (Å²) in [6, 6.07) is 14.4. The molecule has 0 bridgehead atoms. The van der Waals surface area contributed by atoms with Crippen molar-refractivity contribution in [3.05, 3.63) is 81.7 Å². The topological polar surface area (TPSA) is 119 Å². The fourth-order valence-corrected chi connectivity index (χ4v) is 6.67. The number of urea groups is 1. The summed E-state index contributed by atoms with van der Waals surface area (Å²) in [5, 5.41) is 5.53. The third-order valence-electron chi connectivity index (χ3n) is 6.40. The number of imide groups is 1. The van der Waals surface area contributed by atoms with Gasteiger partial charge in [-0.3, -0.25) is 14.9 Å². The fourth-order valence-electron chi connectivity index (χ4n) is 4.19. The molecule has 2 N–H and O–H groups in total. The molecule has 2 heterocycles. The van der Waals surface area contributed by atoms with E-state index in [0.717, 1.165) is 22.5 Å². The van der Waals surface area contributed by atoms with Gasteiger partial charge in [0.2, 0.25) is 10.0 Å². The number of rotatable bonds is 7. The van der Waals surface area contributed by atoms with Gasteiger partial charge in [0.15, 0.2) is 0 Å². The van der Waals surface area contributed by atoms with E-state index < -0.39 is 27.9 Å². The number of amides is 4. The number of hydrogen-bond acceptors (Lipinski definition) is 7. The molecule has 0 fully saturated rings. The van der Waals surface area contributed by atoms with E-state index in [1.54, 1.807) is 0 Å². The van der Waals surface area contributed by atoms with Crippen molar-refractivity contribution in [3.8, 4) is 0 Å². The van der Waals surface area contributed by atoms with Gasteiger partial charge in [0.25, 0.3) is 11.8 Å². The zero-order valence-corrected chi connectivity index (χ0v) is 23.9. The Morgan fingerprint density at radius 3 is 2.28 bits per heavy atom. The van der Waals surface area contributed by atoms with Crippen LogP contribution in [0.4, 0.5) is 9.80 Å². The van der Waals surface area contributed by atoms with E-state index >= 15 is 0 Å². The molecule has 10 nitrogen and oxygen atoms in total. The zero-order chi connectivity index (χ0) is 28.3. The van der Waals surface area contributed by atoms with Crippen molar-refractivity contribution in [3.63, 3.8) is 0 Å². The van der Waals surface area contributed by atoms with Crippen LogP contribution in [0, 0.1) is 0 Å². The Labute approximate surface area is 232 Å². The molecule has 1 aliphatic rings. The predicted molar refractivity (Wildman–Crippen MR) is 150 cm³/mol. The smallest absolute Gasteiger partial charge is 0.323 e. The SMILES string of the molecule is CN1CCc2c(sc(NC(=O)c3ccc(S(=O)(=O)N(C)Cc4ccccc4)cc3)c2C(=O)NC(=O)N(C)C)C1. The number of likely N-dealkylation sites (N-methyl/N-ethyl adjacent to an activating group) is 1. The Bertz CT molecular complexity index is 1480. The standard InChI is InChI=1S/C27H31N5O5S2/c1-30(2)27(35)29-25(34)23-21-14-15-31(3)17-22(21)38-26(23)28-24(33)19-10-12-20(13-11-19)39(36,37)32(4)16-18-8-6-5-7-9-18/h5-13H,14-17H2,1-4H3,(H,28,33)(H,29,34,35). The first kappa shape index (κ1) is 28.4. The van der Waals surface area contributed by atoms with Gasteiger partial charge >= 0.3 is 6.03 Å². The minimum absolute atomic E-state index is 0.0642. The van der Waals surface area contributed by atoms with Crippen LogP contribution in [0.15, 0.2) is 59.5 Å². The summed E-state index contributed by atoms with van der Waals surface area (Å²) in [7, 11) is 2.78. The predicted octanol–water partition coefficient (Wildman–Crippen LogP) is 3.22. The van der Waals surface area contributed by atoms with Gasteiger partial charge < -0.3 is 15.1 Å². The van der Waals surface area contributed by atoms with Gasteiger partial charge in [-0.2, -0.15) is 4.31 Å². The lowest BCUT2D eigenvalue weighted by molar-refractivity contribution is 0.0956. The first-order valence-corrected chi connectivity index (χ1v) is 14.5. The normalized spacial score (nSPS) is 13.6. The van der Waals surface area contributed by atoms with Crippen molar-refractivity contribution in [2.75, 3.05) is 40.1 Å². The Morgan fingerprint density at radius 1 is 0.974 bits per heavy atom. The second kappa shape index (κ2) is 11.7. The van der Waals surface area contributed by atoms with E-state index in [-0.39, 0.29) is 22.6 Å². The number of carbonyl (C=O) groups excluding carboxylic acids is 3. The average molecular weight is 570 g/mol. The highest BCUT2D eigenvalue weighted by molar-refractivity contribution is 7.89. The molecule has 0 radical (unpaired) electrons. The van der Waals surface area contributed by atoms with Gasteiger partial charge in [-0.05, 0) is 48.9 Å². The summed E-state index contributed by atoms with van der Waals surface area (Å²) >= 11 is 1.30. The monoisotopic (exact) mass is 569 g/mol. The Hall–Kier alpha value is -3.58. The lowest BCUT2D eigenvalue weighted by atomic mass is 10.0. The number of benzene rings is 2. The molecule has 0 unspecified atom stereocenters. The molecule has 2 aromatic carbocycles. The van der Waals surface area contributed by atoms with E-state index in [1.807, 2.05) is 37.4 Å². The third kappa shape index (κ3) is 6.36. The molecule has 3 aromatic rings. The van der Waals surface area contributed by atoms with Crippen LogP contribution in [-0.4, -0.2) is 75.1 Å². The summed E-state index contributed by atoms with van der Waals surface area (Å²) in [6.45, 7) is 1.58. The van der Waals surface area contributed by atoms with Crippen LogP contribution in [0.5, 0.6) is 0 Å². The number of anilines is 1. The van der Waals surface area contributed by atoms with Crippen molar-refractivity contribution in [2.24, 2.45) is 0 Å². The number of nitrogens with zero attached hydrogens (tertiary/aromatic N) is 3. The largest absolute Gasteiger partial charge is 0.331 e. The van der Waals surface area contributed by atoms with Gasteiger partial charge in [-0.1, -0.05) is 30.3 Å². The minimum Gasteiger partial charge on any atom is -0.331 e. The summed E-state index contributed by atoms with van der Waals surface area (Å²) in [5.74, 6) is -1.06. The van der Waals surface area contributed by atoms with Gasteiger partial charge in [-0.25, -0.2) is 13.2 Å². The van der Waals surface area contributed by atoms with Gasteiger partial charge in [-0.15, -0.1) is 11.3 Å². The van der Waals surface area contributed by atoms with Gasteiger partial charge in [0.05, 0.1) is 10.5 Å². The van der Waals surface area contributed by atoms with E-state index in [9.17, 15) is 22.8 Å².